The molecule has 1 heterocycles. The monoisotopic (exact) mass is 192 g/mol. The summed E-state index contributed by atoms with van der Waals surface area (Å²) in [5, 5.41) is 4.42. The third kappa shape index (κ3) is 1.86. The van der Waals surface area contributed by atoms with Crippen LogP contribution < -0.4 is 0 Å². The highest BCUT2D eigenvalue weighted by Crippen LogP contribution is 2.30. The summed E-state index contributed by atoms with van der Waals surface area (Å²) >= 11 is 0. The molecule has 0 aliphatic heterocycles. The summed E-state index contributed by atoms with van der Waals surface area (Å²) in [5.74, 6) is 0.821. The van der Waals surface area contributed by atoms with Gasteiger partial charge in [0.15, 0.2) is 0 Å². The molecule has 1 aliphatic carbocycles. The first kappa shape index (κ1) is 9.44. The summed E-state index contributed by atoms with van der Waals surface area (Å²) in [5.41, 5.74) is 0.419. The number of hydrogen-bond donors (Lipinski definition) is 0. The van der Waals surface area contributed by atoms with Crippen LogP contribution in [0.15, 0.2) is 12.3 Å². The van der Waals surface area contributed by atoms with E-state index in [4.69, 9.17) is 0 Å². The Bertz CT molecular complexity index is 337. The van der Waals surface area contributed by atoms with Crippen LogP contribution >= 0.6 is 0 Å². The fourth-order valence-electron chi connectivity index (χ4n) is 1.43. The minimum atomic E-state index is -0.450. The summed E-state index contributed by atoms with van der Waals surface area (Å²) in [7, 11) is 0. The molecule has 2 rings (SSSR count). The fraction of sp³-hybridized carbons (Fsp3) is 0.636. The van der Waals surface area contributed by atoms with Gasteiger partial charge in [-0.3, -0.25) is 4.68 Å². The Labute approximate surface area is 84.1 Å². The maximum absolute atomic E-state index is 10.8. The fourth-order valence-corrected chi connectivity index (χ4v) is 1.43. The summed E-state index contributed by atoms with van der Waals surface area (Å²) in [4.78, 5) is 10.8. The van der Waals surface area contributed by atoms with Crippen molar-refractivity contribution in [2.45, 2.75) is 38.6 Å². The van der Waals surface area contributed by atoms with Crippen LogP contribution in [0.2, 0.25) is 0 Å². The number of carbonyl (C=O) groups is 1. The number of hydrogen-bond acceptors (Lipinski definition) is 2. The normalized spacial score (nSPS) is 17.0. The second kappa shape index (κ2) is 3.23. The van der Waals surface area contributed by atoms with Crippen molar-refractivity contribution < 1.29 is 4.79 Å². The van der Waals surface area contributed by atoms with E-state index in [-0.39, 0.29) is 0 Å². The largest absolute Gasteiger partial charge is 0.302 e. The van der Waals surface area contributed by atoms with Crippen LogP contribution in [0.5, 0.6) is 0 Å². The smallest absolute Gasteiger partial charge is 0.131 e. The molecule has 0 spiro atoms. The lowest BCUT2D eigenvalue weighted by atomic mass is 9.92. The Kier molecular flexibility index (Phi) is 2.17. The van der Waals surface area contributed by atoms with Crippen molar-refractivity contribution in [2.24, 2.45) is 5.92 Å². The average Bonchev–Trinajstić information content (AvgIpc) is 2.81. The summed E-state index contributed by atoms with van der Waals surface area (Å²) in [6.07, 6.45) is 5.58. The lowest BCUT2D eigenvalue weighted by Crippen LogP contribution is -2.20. The summed E-state index contributed by atoms with van der Waals surface area (Å²) in [6, 6.07) is 1.94. The van der Waals surface area contributed by atoms with Gasteiger partial charge in [-0.05, 0) is 38.7 Å². The molecule has 0 saturated heterocycles. The van der Waals surface area contributed by atoms with Crippen LogP contribution in [0.3, 0.4) is 0 Å². The Morgan fingerprint density at radius 3 is 2.93 bits per heavy atom. The molecule has 1 aromatic rings. The topological polar surface area (TPSA) is 34.9 Å². The molecule has 0 bridgehead atoms. The predicted octanol–water partition coefficient (Wildman–Crippen LogP) is 1.77. The van der Waals surface area contributed by atoms with Crippen LogP contribution in [0, 0.1) is 5.92 Å². The molecule has 1 saturated carbocycles. The third-order valence-electron chi connectivity index (χ3n) is 2.74. The quantitative estimate of drug-likeness (QED) is 0.681. The average molecular weight is 192 g/mol. The molecule has 0 N–H and O–H groups in total. The van der Waals surface area contributed by atoms with Gasteiger partial charge in [0.2, 0.25) is 0 Å². The van der Waals surface area contributed by atoms with E-state index in [1.165, 1.54) is 12.8 Å². The maximum atomic E-state index is 10.8. The number of aromatic nitrogens is 2. The van der Waals surface area contributed by atoms with Crippen molar-refractivity contribution in [2.75, 3.05) is 0 Å². The van der Waals surface area contributed by atoms with Gasteiger partial charge in [0, 0.05) is 12.7 Å². The van der Waals surface area contributed by atoms with Gasteiger partial charge in [-0.25, -0.2) is 0 Å². The molecule has 3 heteroatoms. The van der Waals surface area contributed by atoms with Crippen LogP contribution in [0.4, 0.5) is 0 Å². The van der Waals surface area contributed by atoms with E-state index in [0.717, 1.165) is 24.4 Å². The van der Waals surface area contributed by atoms with Gasteiger partial charge >= 0.3 is 0 Å². The van der Waals surface area contributed by atoms with Gasteiger partial charge in [-0.1, -0.05) is 0 Å². The minimum absolute atomic E-state index is 0.450. The second-order valence-electron chi connectivity index (χ2n) is 4.71. The van der Waals surface area contributed by atoms with Gasteiger partial charge in [0.1, 0.15) is 6.29 Å². The van der Waals surface area contributed by atoms with Crippen LogP contribution in [-0.4, -0.2) is 16.1 Å². The molecule has 1 fully saturated rings. The van der Waals surface area contributed by atoms with Crippen molar-refractivity contribution in [3.8, 4) is 0 Å². The molecular weight excluding hydrogens is 176 g/mol. The van der Waals surface area contributed by atoms with Crippen LogP contribution in [-0.2, 0) is 16.8 Å². The molecule has 14 heavy (non-hydrogen) atoms. The molecule has 1 aromatic heterocycles. The SMILES string of the molecule is CC(C)(C=O)c1ccn(CC2CC2)n1. The highest BCUT2D eigenvalue weighted by atomic mass is 16.1. The van der Waals surface area contributed by atoms with Crippen molar-refractivity contribution in [1.29, 1.82) is 0 Å². The maximum Gasteiger partial charge on any atom is 0.131 e. The van der Waals surface area contributed by atoms with Crippen molar-refractivity contribution in [3.05, 3.63) is 18.0 Å². The standard InChI is InChI=1S/C11H16N2O/c1-11(2,8-14)10-5-6-13(12-10)7-9-3-4-9/h5-6,8-9H,3-4,7H2,1-2H3. The number of carbonyl (C=O) groups excluding carboxylic acids is 1. The van der Waals surface area contributed by atoms with E-state index < -0.39 is 5.41 Å². The highest BCUT2D eigenvalue weighted by molar-refractivity contribution is 5.65. The Balaban J connectivity index is 2.11. The van der Waals surface area contributed by atoms with Gasteiger partial charge in [0.25, 0.3) is 0 Å². The van der Waals surface area contributed by atoms with E-state index in [9.17, 15) is 4.79 Å². The van der Waals surface area contributed by atoms with Gasteiger partial charge < -0.3 is 4.79 Å². The molecule has 0 radical (unpaired) electrons. The Hall–Kier alpha value is -1.12. The number of rotatable bonds is 4. The zero-order valence-electron chi connectivity index (χ0n) is 8.73. The van der Waals surface area contributed by atoms with E-state index in [0.29, 0.717) is 0 Å². The molecule has 0 atom stereocenters. The molecule has 0 aromatic carbocycles. The summed E-state index contributed by atoms with van der Waals surface area (Å²) in [6.45, 7) is 4.79. The van der Waals surface area contributed by atoms with E-state index in [1.54, 1.807) is 0 Å². The first-order chi connectivity index (χ1) is 6.62. The Morgan fingerprint density at radius 2 is 2.36 bits per heavy atom. The molecule has 3 nitrogen and oxygen atoms in total. The molecule has 76 valence electrons. The highest BCUT2D eigenvalue weighted by Gasteiger charge is 2.25. The lowest BCUT2D eigenvalue weighted by molar-refractivity contribution is -0.111. The molecule has 0 amide bonds. The first-order valence-electron chi connectivity index (χ1n) is 5.12. The third-order valence-corrected chi connectivity index (χ3v) is 2.74. The van der Waals surface area contributed by atoms with Crippen molar-refractivity contribution in [3.63, 3.8) is 0 Å². The lowest BCUT2D eigenvalue weighted by Gasteiger charge is -2.12. The minimum Gasteiger partial charge on any atom is -0.302 e. The predicted molar refractivity (Wildman–Crippen MR) is 54.0 cm³/mol. The van der Waals surface area contributed by atoms with Gasteiger partial charge in [-0.2, -0.15) is 5.10 Å². The van der Waals surface area contributed by atoms with Crippen molar-refractivity contribution >= 4 is 6.29 Å². The van der Waals surface area contributed by atoms with E-state index in [1.807, 2.05) is 30.8 Å². The first-order valence-corrected chi connectivity index (χ1v) is 5.12. The molecule has 0 unspecified atom stereocenters. The van der Waals surface area contributed by atoms with Crippen molar-refractivity contribution in [1.82, 2.24) is 9.78 Å². The van der Waals surface area contributed by atoms with Crippen LogP contribution in [0.1, 0.15) is 32.4 Å². The van der Waals surface area contributed by atoms with E-state index in [2.05, 4.69) is 5.10 Å². The zero-order valence-corrected chi connectivity index (χ0v) is 8.73. The number of aldehydes is 1. The number of nitrogens with zero attached hydrogens (tertiary/aromatic N) is 2. The summed E-state index contributed by atoms with van der Waals surface area (Å²) < 4.78 is 1.96. The van der Waals surface area contributed by atoms with Gasteiger partial charge in [-0.15, -0.1) is 0 Å². The second-order valence-corrected chi connectivity index (χ2v) is 4.71. The van der Waals surface area contributed by atoms with E-state index >= 15 is 0 Å². The van der Waals surface area contributed by atoms with Gasteiger partial charge in [0.05, 0.1) is 11.1 Å². The Morgan fingerprint density at radius 1 is 1.64 bits per heavy atom. The molecule has 1 aliphatic rings. The van der Waals surface area contributed by atoms with Crippen LogP contribution in [0.25, 0.3) is 0 Å². The zero-order chi connectivity index (χ0) is 10.2. The molecular formula is C11H16N2O.